The van der Waals surface area contributed by atoms with E-state index in [9.17, 15) is 4.79 Å². The van der Waals surface area contributed by atoms with Crippen LogP contribution in [0.1, 0.15) is 31.2 Å². The molecule has 1 amide bonds. The molecule has 1 fully saturated rings. The third kappa shape index (κ3) is 4.14. The third-order valence-corrected chi connectivity index (χ3v) is 4.64. The van der Waals surface area contributed by atoms with E-state index in [0.717, 1.165) is 37.1 Å². The lowest BCUT2D eigenvalue weighted by Gasteiger charge is -2.28. The van der Waals surface area contributed by atoms with Crippen molar-refractivity contribution in [2.45, 2.75) is 38.1 Å². The summed E-state index contributed by atoms with van der Waals surface area (Å²) in [6.45, 7) is 1.23. The number of amides is 1. The minimum Gasteiger partial charge on any atom is -0.492 e. The van der Waals surface area contributed by atoms with E-state index in [1.54, 1.807) is 0 Å². The summed E-state index contributed by atoms with van der Waals surface area (Å²) < 4.78 is 5.69. The van der Waals surface area contributed by atoms with Gasteiger partial charge in [-0.1, -0.05) is 24.6 Å². The highest BCUT2D eigenvalue weighted by Crippen LogP contribution is 2.27. The summed E-state index contributed by atoms with van der Waals surface area (Å²) in [6.07, 6.45) is 5.29. The highest BCUT2D eigenvalue weighted by molar-refractivity contribution is 5.85. The van der Waals surface area contributed by atoms with Gasteiger partial charge in [0.05, 0.1) is 5.92 Å². The van der Waals surface area contributed by atoms with E-state index in [2.05, 4.69) is 5.32 Å². The minimum absolute atomic E-state index is 0. The van der Waals surface area contributed by atoms with Gasteiger partial charge in [0.25, 0.3) is 0 Å². The average Bonchev–Trinajstić information content (AvgIpc) is 2.52. The van der Waals surface area contributed by atoms with Crippen LogP contribution >= 0.6 is 12.4 Å². The first-order valence-corrected chi connectivity index (χ1v) is 7.96. The van der Waals surface area contributed by atoms with Crippen LogP contribution in [0.5, 0.6) is 5.75 Å². The molecule has 3 rings (SSSR count). The number of hydrogen-bond acceptors (Lipinski definition) is 3. The van der Waals surface area contributed by atoms with Gasteiger partial charge in [0.1, 0.15) is 12.4 Å². The van der Waals surface area contributed by atoms with Crippen molar-refractivity contribution in [3.8, 4) is 5.75 Å². The summed E-state index contributed by atoms with van der Waals surface area (Å²) in [5, 5.41) is 3.10. The van der Waals surface area contributed by atoms with Gasteiger partial charge in [0, 0.05) is 12.6 Å². The predicted molar refractivity (Wildman–Crippen MR) is 89.3 cm³/mol. The monoisotopic (exact) mass is 324 g/mol. The van der Waals surface area contributed by atoms with E-state index < -0.39 is 0 Å². The van der Waals surface area contributed by atoms with Crippen molar-refractivity contribution < 1.29 is 9.53 Å². The number of fused-ring (bicyclic) bond motifs is 1. The van der Waals surface area contributed by atoms with E-state index in [0.29, 0.717) is 18.6 Å². The summed E-state index contributed by atoms with van der Waals surface area (Å²) >= 11 is 0. The van der Waals surface area contributed by atoms with Gasteiger partial charge in [-0.3, -0.25) is 4.79 Å². The van der Waals surface area contributed by atoms with E-state index in [1.165, 1.54) is 12.8 Å². The van der Waals surface area contributed by atoms with Gasteiger partial charge in [0.15, 0.2) is 0 Å². The average molecular weight is 325 g/mol. The van der Waals surface area contributed by atoms with Crippen molar-refractivity contribution in [3.63, 3.8) is 0 Å². The number of benzene rings is 1. The highest BCUT2D eigenvalue weighted by Gasteiger charge is 2.27. The van der Waals surface area contributed by atoms with Crippen molar-refractivity contribution in [1.29, 1.82) is 0 Å². The molecule has 1 aliphatic carbocycles. The first kappa shape index (κ1) is 17.1. The standard InChI is InChI=1S/C17H24N2O2.ClH/c18-15-6-3-4-12(8-15)10-19-17(20)14-9-13-5-1-2-7-16(13)21-11-14;/h1-2,5,7,12,14-15H,3-4,6,8-11,18H2,(H,19,20);1H. The van der Waals surface area contributed by atoms with Crippen molar-refractivity contribution in [3.05, 3.63) is 29.8 Å². The molecule has 1 aromatic rings. The first-order valence-electron chi connectivity index (χ1n) is 7.96. The molecule has 3 atom stereocenters. The highest BCUT2D eigenvalue weighted by atomic mass is 35.5. The normalized spacial score (nSPS) is 27.0. The maximum Gasteiger partial charge on any atom is 0.226 e. The van der Waals surface area contributed by atoms with Crippen molar-refractivity contribution >= 4 is 18.3 Å². The second-order valence-electron chi connectivity index (χ2n) is 6.36. The number of halogens is 1. The van der Waals surface area contributed by atoms with Gasteiger partial charge >= 0.3 is 0 Å². The first-order chi connectivity index (χ1) is 10.2. The molecular formula is C17H25ClN2O2. The molecule has 3 unspecified atom stereocenters. The maximum absolute atomic E-state index is 12.3. The number of ether oxygens (including phenoxy) is 1. The number of carbonyl (C=O) groups is 1. The summed E-state index contributed by atoms with van der Waals surface area (Å²) in [6, 6.07) is 8.27. The van der Waals surface area contributed by atoms with Crippen LogP contribution < -0.4 is 15.8 Å². The lowest BCUT2D eigenvalue weighted by molar-refractivity contribution is -0.126. The van der Waals surface area contributed by atoms with E-state index >= 15 is 0 Å². The third-order valence-electron chi connectivity index (χ3n) is 4.64. The Morgan fingerprint density at radius 1 is 1.32 bits per heavy atom. The Bertz CT molecular complexity index is 509. The van der Waals surface area contributed by atoms with Crippen molar-refractivity contribution in [2.75, 3.05) is 13.2 Å². The molecule has 1 saturated carbocycles. The Kier molecular flexibility index (Phi) is 6.09. The Morgan fingerprint density at radius 3 is 2.95 bits per heavy atom. The molecule has 5 heteroatoms. The second-order valence-corrected chi connectivity index (χ2v) is 6.36. The molecule has 0 bridgehead atoms. The maximum atomic E-state index is 12.3. The predicted octanol–water partition coefficient (Wildman–Crippen LogP) is 2.29. The number of para-hydroxylation sites is 1. The molecule has 2 aliphatic rings. The molecule has 4 nitrogen and oxygen atoms in total. The summed E-state index contributed by atoms with van der Waals surface area (Å²) in [5.41, 5.74) is 7.12. The van der Waals surface area contributed by atoms with E-state index in [4.69, 9.17) is 10.5 Å². The zero-order valence-corrected chi connectivity index (χ0v) is 13.6. The van der Waals surface area contributed by atoms with Crippen LogP contribution in [0, 0.1) is 11.8 Å². The number of rotatable bonds is 3. The van der Waals surface area contributed by atoms with Crippen LogP contribution in [0.3, 0.4) is 0 Å². The SMILES string of the molecule is Cl.NC1CCCC(CNC(=O)C2COc3ccccc3C2)C1. The van der Waals surface area contributed by atoms with Gasteiger partial charge in [-0.2, -0.15) is 0 Å². The minimum atomic E-state index is -0.0721. The molecule has 1 aliphatic heterocycles. The molecule has 3 N–H and O–H groups in total. The number of carbonyl (C=O) groups excluding carboxylic acids is 1. The largest absolute Gasteiger partial charge is 0.492 e. The molecule has 0 radical (unpaired) electrons. The zero-order chi connectivity index (χ0) is 14.7. The van der Waals surface area contributed by atoms with Gasteiger partial charge in [-0.15, -0.1) is 12.4 Å². The van der Waals surface area contributed by atoms with Crippen LogP contribution in [0.4, 0.5) is 0 Å². The molecule has 0 saturated heterocycles. The Balaban J connectivity index is 0.00000176. The molecule has 0 aromatic heterocycles. The lowest BCUT2D eigenvalue weighted by atomic mass is 9.86. The van der Waals surface area contributed by atoms with Crippen molar-refractivity contribution in [2.24, 2.45) is 17.6 Å². The molecule has 1 aromatic carbocycles. The fourth-order valence-electron chi connectivity index (χ4n) is 3.40. The van der Waals surface area contributed by atoms with Gasteiger partial charge in [-0.05, 0) is 43.2 Å². The molecular weight excluding hydrogens is 300 g/mol. The van der Waals surface area contributed by atoms with Crippen LogP contribution in [-0.2, 0) is 11.2 Å². The molecule has 1 heterocycles. The fraction of sp³-hybridized carbons (Fsp3) is 0.588. The van der Waals surface area contributed by atoms with E-state index in [1.807, 2.05) is 24.3 Å². The van der Waals surface area contributed by atoms with Crippen LogP contribution in [0.15, 0.2) is 24.3 Å². The number of nitrogens with one attached hydrogen (secondary N) is 1. The van der Waals surface area contributed by atoms with E-state index in [-0.39, 0.29) is 24.2 Å². The quantitative estimate of drug-likeness (QED) is 0.896. The summed E-state index contributed by atoms with van der Waals surface area (Å²) in [7, 11) is 0. The van der Waals surface area contributed by atoms with Gasteiger partial charge < -0.3 is 15.8 Å². The molecule has 122 valence electrons. The Labute approximate surface area is 138 Å². The van der Waals surface area contributed by atoms with Crippen molar-refractivity contribution in [1.82, 2.24) is 5.32 Å². The smallest absolute Gasteiger partial charge is 0.226 e. The zero-order valence-electron chi connectivity index (χ0n) is 12.8. The van der Waals surface area contributed by atoms with Gasteiger partial charge in [-0.25, -0.2) is 0 Å². The van der Waals surface area contributed by atoms with Gasteiger partial charge in [0.2, 0.25) is 5.91 Å². The number of hydrogen-bond donors (Lipinski definition) is 2. The van der Waals surface area contributed by atoms with Crippen LogP contribution in [0.25, 0.3) is 0 Å². The molecule has 22 heavy (non-hydrogen) atoms. The fourth-order valence-corrected chi connectivity index (χ4v) is 3.40. The Morgan fingerprint density at radius 2 is 2.14 bits per heavy atom. The number of nitrogens with two attached hydrogens (primary N) is 1. The lowest BCUT2D eigenvalue weighted by Crippen LogP contribution is -2.41. The van der Waals surface area contributed by atoms with Crippen LogP contribution in [-0.4, -0.2) is 25.1 Å². The summed E-state index contributed by atoms with van der Waals surface area (Å²) in [5.74, 6) is 1.50. The van der Waals surface area contributed by atoms with Crippen LogP contribution in [0.2, 0.25) is 0 Å². The molecule has 0 spiro atoms. The summed E-state index contributed by atoms with van der Waals surface area (Å²) in [4.78, 5) is 12.3. The Hall–Kier alpha value is -1.26. The topological polar surface area (TPSA) is 64.3 Å². The second kappa shape index (κ2) is 7.84.